The van der Waals surface area contributed by atoms with Crippen molar-refractivity contribution in [2.24, 2.45) is 0 Å². The lowest BCUT2D eigenvalue weighted by Crippen LogP contribution is -2.44. The molecule has 0 radical (unpaired) electrons. The van der Waals surface area contributed by atoms with Crippen molar-refractivity contribution < 1.29 is 47.9 Å². The third-order valence-electron chi connectivity index (χ3n) is 6.80. The van der Waals surface area contributed by atoms with Crippen molar-refractivity contribution in [1.82, 2.24) is 34.8 Å². The van der Waals surface area contributed by atoms with Gasteiger partial charge >= 0.3 is 18.7 Å². The van der Waals surface area contributed by atoms with E-state index >= 15 is 0 Å². The zero-order valence-corrected chi connectivity index (χ0v) is 26.0. The maximum absolute atomic E-state index is 14.0. The Morgan fingerprint density at radius 1 is 1.35 bits per heavy atom. The number of aromatic nitrogens is 4. The number of ether oxygens (including phenoxy) is 3. The molecule has 2 aromatic rings. The van der Waals surface area contributed by atoms with E-state index in [1.807, 2.05) is 0 Å². The molecule has 7 atom stereocenters. The lowest BCUT2D eigenvalue weighted by atomic mass is 9.96. The van der Waals surface area contributed by atoms with Crippen LogP contribution in [0.3, 0.4) is 0 Å². The number of aliphatic hydroxyl groups is 2. The molecule has 4 rings (SSSR count). The summed E-state index contributed by atoms with van der Waals surface area (Å²) in [7, 11) is 2.79. The van der Waals surface area contributed by atoms with Gasteiger partial charge in [-0.2, -0.15) is 9.97 Å². The third-order valence-corrected chi connectivity index (χ3v) is 10.9. The molecular formula is C23H35N8O10PS. The predicted molar refractivity (Wildman–Crippen MR) is 152 cm³/mol. The number of nitrogens with zero attached hydrogens (tertiary/aromatic N) is 5. The van der Waals surface area contributed by atoms with Gasteiger partial charge in [0, 0.05) is 12.8 Å². The third kappa shape index (κ3) is 6.72. The SMILES string of the molecule is COc1nc(N)nc2c1ncn2[C@@H]1O[C@H](COP(=O)(N[C@H](C)C(=O)OC(C)C)SC[C@H]2C(=O)NC(=O)N2C)[C@@H](O)[C@@]1(C)O. The number of methoxy groups -OCH3 is 1. The number of esters is 1. The van der Waals surface area contributed by atoms with Crippen molar-refractivity contribution in [3.63, 3.8) is 0 Å². The normalized spacial score (nSPS) is 27.9. The van der Waals surface area contributed by atoms with Crippen LogP contribution >= 0.6 is 18.1 Å². The Morgan fingerprint density at radius 3 is 2.65 bits per heavy atom. The molecule has 2 saturated heterocycles. The average Bonchev–Trinajstić information content (AvgIpc) is 3.52. The summed E-state index contributed by atoms with van der Waals surface area (Å²) in [6.45, 7) is 1.49. The molecule has 43 heavy (non-hydrogen) atoms. The van der Waals surface area contributed by atoms with Crippen molar-refractivity contribution in [3.8, 4) is 5.88 Å². The molecule has 2 aromatic heterocycles. The molecule has 0 saturated carbocycles. The van der Waals surface area contributed by atoms with Crippen molar-refractivity contribution in [2.75, 3.05) is 32.3 Å². The van der Waals surface area contributed by atoms with Crippen LogP contribution in [0.1, 0.15) is 33.9 Å². The molecule has 0 bridgehead atoms. The maximum Gasteiger partial charge on any atom is 0.327 e. The molecule has 1 unspecified atom stereocenters. The van der Waals surface area contributed by atoms with E-state index in [4.69, 9.17) is 24.5 Å². The maximum atomic E-state index is 14.0. The van der Waals surface area contributed by atoms with Crippen LogP contribution in [0, 0.1) is 0 Å². The molecule has 2 aliphatic rings. The molecule has 0 aliphatic carbocycles. The van der Waals surface area contributed by atoms with Gasteiger partial charge in [-0.3, -0.25) is 24.0 Å². The Bertz CT molecular complexity index is 1440. The first-order chi connectivity index (χ1) is 20.1. The van der Waals surface area contributed by atoms with Gasteiger partial charge in [-0.05, 0) is 27.7 Å². The summed E-state index contributed by atoms with van der Waals surface area (Å²) >= 11 is 0.686. The number of amides is 3. The minimum Gasteiger partial charge on any atom is -0.479 e. The summed E-state index contributed by atoms with van der Waals surface area (Å²) in [5.74, 6) is -1.46. The second-order valence-electron chi connectivity index (χ2n) is 10.5. The Kier molecular flexibility index (Phi) is 9.55. The summed E-state index contributed by atoms with van der Waals surface area (Å²) in [6.07, 6.45) is -3.16. The highest BCUT2D eigenvalue weighted by molar-refractivity contribution is 8.56. The molecule has 3 amide bonds. The molecule has 0 aromatic carbocycles. The Hall–Kier alpha value is -3.06. The van der Waals surface area contributed by atoms with Gasteiger partial charge in [-0.1, -0.05) is 11.4 Å². The fraction of sp³-hybridized carbons (Fsp3) is 0.652. The van der Waals surface area contributed by atoms with Crippen molar-refractivity contribution in [3.05, 3.63) is 6.33 Å². The molecule has 20 heteroatoms. The van der Waals surface area contributed by atoms with Gasteiger partial charge in [-0.25, -0.2) is 14.9 Å². The molecular weight excluding hydrogens is 611 g/mol. The van der Waals surface area contributed by atoms with Crippen molar-refractivity contribution in [1.29, 1.82) is 0 Å². The van der Waals surface area contributed by atoms with Crippen LogP contribution in [0.2, 0.25) is 0 Å². The monoisotopic (exact) mass is 646 g/mol. The summed E-state index contributed by atoms with van der Waals surface area (Å²) in [4.78, 5) is 50.1. The summed E-state index contributed by atoms with van der Waals surface area (Å²) in [5.41, 5.74) is 4.27. The Morgan fingerprint density at radius 2 is 2.05 bits per heavy atom. The van der Waals surface area contributed by atoms with E-state index in [0.717, 1.165) is 4.90 Å². The van der Waals surface area contributed by atoms with Crippen LogP contribution in [0.5, 0.6) is 5.88 Å². The van der Waals surface area contributed by atoms with E-state index in [9.17, 15) is 29.2 Å². The van der Waals surface area contributed by atoms with Crippen LogP contribution in [0.4, 0.5) is 10.7 Å². The highest BCUT2D eigenvalue weighted by Gasteiger charge is 2.54. The molecule has 6 N–H and O–H groups in total. The molecule has 4 heterocycles. The van der Waals surface area contributed by atoms with Crippen LogP contribution in [-0.4, -0.2) is 115 Å². The van der Waals surface area contributed by atoms with Gasteiger partial charge in [0.1, 0.15) is 29.9 Å². The van der Waals surface area contributed by atoms with Gasteiger partial charge < -0.3 is 39.6 Å². The van der Waals surface area contributed by atoms with Gasteiger partial charge in [0.2, 0.25) is 11.8 Å². The second-order valence-corrected chi connectivity index (χ2v) is 14.8. The van der Waals surface area contributed by atoms with Gasteiger partial charge in [0.25, 0.3) is 5.91 Å². The number of nitrogens with two attached hydrogens (primary N) is 1. The van der Waals surface area contributed by atoms with Gasteiger partial charge in [0.05, 0.1) is 26.1 Å². The van der Waals surface area contributed by atoms with Crippen LogP contribution in [-0.2, 0) is 28.2 Å². The highest BCUT2D eigenvalue weighted by atomic mass is 32.7. The Balaban J connectivity index is 1.54. The minimum absolute atomic E-state index is 0.0942. The molecule has 2 fully saturated rings. The fourth-order valence-corrected chi connectivity index (χ4v) is 8.43. The van der Waals surface area contributed by atoms with Gasteiger partial charge in [0.15, 0.2) is 17.4 Å². The number of aliphatic hydroxyl groups excluding tert-OH is 1. The lowest BCUT2D eigenvalue weighted by molar-refractivity contribution is -0.149. The number of hydrogen-bond donors (Lipinski definition) is 5. The highest BCUT2D eigenvalue weighted by Crippen LogP contribution is 2.57. The fourth-order valence-electron chi connectivity index (χ4n) is 4.46. The zero-order valence-electron chi connectivity index (χ0n) is 24.3. The molecule has 0 spiro atoms. The second kappa shape index (κ2) is 12.5. The number of imidazole rings is 1. The number of hydrogen-bond acceptors (Lipinski definition) is 15. The quantitative estimate of drug-likeness (QED) is 0.114. The number of carbonyl (C=O) groups excluding carboxylic acids is 3. The zero-order chi connectivity index (χ0) is 31.9. The largest absolute Gasteiger partial charge is 0.479 e. The van der Waals surface area contributed by atoms with E-state index in [1.54, 1.807) is 13.8 Å². The van der Waals surface area contributed by atoms with Crippen LogP contribution in [0.25, 0.3) is 11.2 Å². The summed E-state index contributed by atoms with van der Waals surface area (Å²) in [5, 5.41) is 27.1. The number of imide groups is 1. The van der Waals surface area contributed by atoms with E-state index in [2.05, 4.69) is 25.4 Å². The first-order valence-electron chi connectivity index (χ1n) is 13.1. The number of likely N-dealkylation sites (N-methyl/N-ethyl adjacent to an activating group) is 1. The van der Waals surface area contributed by atoms with E-state index in [1.165, 1.54) is 38.9 Å². The standard InChI is InChI=1S/C23H35N8O10PS/c1-10(2)40-19(34)11(3)29-42(37,43-8-12-17(33)27-22(35)30(12)5)39-7-13-15(32)23(4,36)20(41-13)31-9-25-14-16(31)26-21(24)28-18(14)38-6/h9-13,15,20,32,36H,7-8H2,1-6H3,(H,29,37)(H2,24,26,28)(H,27,33,35)/t11-,12+,13-,15-,20-,23-,42?/m1/s1. The smallest absolute Gasteiger partial charge is 0.327 e. The van der Waals surface area contributed by atoms with E-state index in [-0.39, 0.29) is 28.7 Å². The number of nitrogen functional groups attached to an aromatic ring is 1. The number of urea groups is 1. The van der Waals surface area contributed by atoms with Crippen molar-refractivity contribution in [2.45, 2.75) is 69.9 Å². The average molecular weight is 647 g/mol. The van der Waals surface area contributed by atoms with Crippen LogP contribution in [0.15, 0.2) is 6.33 Å². The van der Waals surface area contributed by atoms with Crippen molar-refractivity contribution >= 4 is 53.1 Å². The number of nitrogens with one attached hydrogen (secondary N) is 2. The summed E-state index contributed by atoms with van der Waals surface area (Å²) < 4.78 is 37.5. The number of anilines is 1. The predicted octanol–water partition coefficient (Wildman–Crippen LogP) is -0.236. The number of fused-ring (bicyclic) bond motifs is 1. The molecule has 18 nitrogen and oxygen atoms in total. The minimum atomic E-state index is -4.05. The van der Waals surface area contributed by atoms with E-state index < -0.39 is 73.5 Å². The number of carbonyl (C=O) groups is 3. The first-order valence-corrected chi connectivity index (χ1v) is 16.3. The Labute approximate surface area is 250 Å². The molecule has 2 aliphatic heterocycles. The van der Waals surface area contributed by atoms with E-state index in [0.29, 0.717) is 11.4 Å². The number of rotatable bonds is 12. The molecule has 238 valence electrons. The van der Waals surface area contributed by atoms with Gasteiger partial charge in [-0.15, -0.1) is 0 Å². The first kappa shape index (κ1) is 32.8. The summed E-state index contributed by atoms with van der Waals surface area (Å²) in [6, 6.07) is -2.66. The topological polar surface area (TPSA) is 243 Å². The lowest BCUT2D eigenvalue weighted by Gasteiger charge is -2.27. The van der Waals surface area contributed by atoms with Crippen LogP contribution < -0.4 is 20.9 Å².